The van der Waals surface area contributed by atoms with Gasteiger partial charge in [-0.3, -0.25) is 24.0 Å². The summed E-state index contributed by atoms with van der Waals surface area (Å²) < 4.78 is 29.1. The van der Waals surface area contributed by atoms with Crippen molar-refractivity contribution in [3.63, 3.8) is 0 Å². The Bertz CT molecular complexity index is 1140. The van der Waals surface area contributed by atoms with Crippen molar-refractivity contribution in [3.8, 4) is 0 Å². The normalized spacial score (nSPS) is 38.4. The maximum absolute atomic E-state index is 13.1. The highest BCUT2D eigenvalue weighted by molar-refractivity contribution is 5.78. The van der Waals surface area contributed by atoms with Crippen LogP contribution in [0.25, 0.3) is 0 Å². The van der Waals surface area contributed by atoms with Gasteiger partial charge in [0, 0.05) is 33.1 Å². The number of esters is 5. The molecule has 3 rings (SSSR count). The molecule has 228 valence electrons. The summed E-state index contributed by atoms with van der Waals surface area (Å²) in [5.74, 6) is -5.87. The third-order valence-corrected chi connectivity index (χ3v) is 8.72. The summed E-state index contributed by atoms with van der Waals surface area (Å²) >= 11 is 0. The molecule has 11 heteroatoms. The third kappa shape index (κ3) is 6.05. The van der Waals surface area contributed by atoms with E-state index < -0.39 is 89.1 Å². The van der Waals surface area contributed by atoms with Gasteiger partial charge in [0.25, 0.3) is 0 Å². The molecule has 41 heavy (non-hydrogen) atoms. The number of carbonyl (C=O) groups excluding carboxylic acids is 5. The minimum absolute atomic E-state index is 0.0557. The van der Waals surface area contributed by atoms with Gasteiger partial charge in [-0.05, 0) is 38.3 Å². The molecule has 1 heterocycles. The zero-order chi connectivity index (χ0) is 31.0. The van der Waals surface area contributed by atoms with Crippen molar-refractivity contribution in [2.24, 2.45) is 23.2 Å². The van der Waals surface area contributed by atoms with E-state index in [1.54, 1.807) is 27.7 Å². The predicted molar refractivity (Wildman–Crippen MR) is 144 cm³/mol. The van der Waals surface area contributed by atoms with Crippen LogP contribution in [0.3, 0.4) is 0 Å². The maximum atomic E-state index is 13.1. The van der Waals surface area contributed by atoms with Crippen LogP contribution in [0.2, 0.25) is 0 Å². The lowest BCUT2D eigenvalue weighted by atomic mass is 9.54. The third-order valence-electron chi connectivity index (χ3n) is 8.72. The Hall–Kier alpha value is -3.21. The fourth-order valence-electron chi connectivity index (χ4n) is 6.47. The van der Waals surface area contributed by atoms with Gasteiger partial charge in [0.1, 0.15) is 24.4 Å². The Morgan fingerprint density at radius 1 is 1.02 bits per heavy atom. The molecular formula is C30H42O11. The molecule has 2 aliphatic carbocycles. The Balaban J connectivity index is 2.42. The quantitative estimate of drug-likeness (QED) is 0.291. The highest BCUT2D eigenvalue weighted by Gasteiger charge is 2.68. The van der Waals surface area contributed by atoms with Crippen LogP contribution < -0.4 is 0 Å². The highest BCUT2D eigenvalue weighted by Crippen LogP contribution is 2.56. The van der Waals surface area contributed by atoms with Crippen LogP contribution in [-0.4, -0.2) is 71.1 Å². The highest BCUT2D eigenvalue weighted by atomic mass is 16.6. The molecule has 0 aromatic carbocycles. The first kappa shape index (κ1) is 32.3. The summed E-state index contributed by atoms with van der Waals surface area (Å²) in [6.45, 7) is 16.1. The fourth-order valence-corrected chi connectivity index (χ4v) is 6.47. The van der Waals surface area contributed by atoms with E-state index >= 15 is 0 Å². The number of fused-ring (bicyclic) bond motifs is 2. The van der Waals surface area contributed by atoms with Gasteiger partial charge in [0.05, 0.1) is 17.3 Å². The van der Waals surface area contributed by atoms with E-state index in [4.69, 9.17) is 23.7 Å². The molecule has 3 aliphatic rings. The van der Waals surface area contributed by atoms with Crippen LogP contribution in [-0.2, 0) is 47.7 Å². The summed E-state index contributed by atoms with van der Waals surface area (Å²) in [6, 6.07) is 0. The van der Waals surface area contributed by atoms with Gasteiger partial charge < -0.3 is 28.8 Å². The van der Waals surface area contributed by atoms with Crippen LogP contribution in [0.1, 0.15) is 74.7 Å². The average Bonchev–Trinajstić information content (AvgIpc) is 3.06. The summed E-state index contributed by atoms with van der Waals surface area (Å²) in [6.07, 6.45) is -3.60. The van der Waals surface area contributed by atoms with Crippen molar-refractivity contribution in [1.82, 2.24) is 0 Å². The first-order valence-corrected chi connectivity index (χ1v) is 13.9. The standard InChI is InChI=1S/C30H42O11/c1-14(2)27(34)40-23-13-21(37-18(6)31)16(4)12-24-30(36,17(5)28(35)41-24)26(39-20(8)33)25-15(3)10-11-22(29(23,25)9)38-19(7)32/h12,14,17,21-26,36H,3,10-11,13H2,1-2,4-9H3/b16-12-/t17-,21+,22-,23-,24-,25-,26-,29+,30-/m0/s1. The lowest BCUT2D eigenvalue weighted by molar-refractivity contribution is -0.223. The van der Waals surface area contributed by atoms with Crippen molar-refractivity contribution < 1.29 is 52.8 Å². The second-order valence-electron chi connectivity index (χ2n) is 12.0. The number of hydrogen-bond acceptors (Lipinski definition) is 11. The molecule has 11 nitrogen and oxygen atoms in total. The first-order valence-electron chi connectivity index (χ1n) is 13.9. The molecule has 0 aromatic rings. The van der Waals surface area contributed by atoms with Gasteiger partial charge in [-0.2, -0.15) is 0 Å². The Labute approximate surface area is 240 Å². The van der Waals surface area contributed by atoms with E-state index in [-0.39, 0.29) is 6.42 Å². The summed E-state index contributed by atoms with van der Waals surface area (Å²) in [4.78, 5) is 63.2. The molecule has 9 atom stereocenters. The Morgan fingerprint density at radius 3 is 2.15 bits per heavy atom. The number of rotatable bonds is 5. The molecule has 0 bridgehead atoms. The first-order chi connectivity index (χ1) is 18.9. The zero-order valence-electron chi connectivity index (χ0n) is 25.1. The minimum atomic E-state index is -2.11. The van der Waals surface area contributed by atoms with Crippen LogP contribution in [0.5, 0.6) is 0 Å². The molecule has 1 saturated carbocycles. The van der Waals surface area contributed by atoms with Crippen molar-refractivity contribution in [2.75, 3.05) is 0 Å². The van der Waals surface area contributed by atoms with Crippen molar-refractivity contribution in [2.45, 2.75) is 111 Å². The average molecular weight is 579 g/mol. The SMILES string of the molecule is C=C1CC[C@H](OC(C)=O)[C@]2(C)[C@@H](OC(=O)C(C)C)C[C@@H](OC(C)=O)/C(C)=C\[C@@H]3OC(=O)[C@H](C)[C@@]3(O)[C@@H](OC(C)=O)[C@H]12. The predicted octanol–water partition coefficient (Wildman–Crippen LogP) is 2.96. The van der Waals surface area contributed by atoms with E-state index in [0.29, 0.717) is 24.0 Å². The van der Waals surface area contributed by atoms with E-state index in [9.17, 15) is 29.1 Å². The van der Waals surface area contributed by atoms with Gasteiger partial charge in [-0.15, -0.1) is 0 Å². The van der Waals surface area contributed by atoms with Crippen molar-refractivity contribution >= 4 is 29.8 Å². The van der Waals surface area contributed by atoms with Crippen molar-refractivity contribution in [3.05, 3.63) is 23.8 Å². The maximum Gasteiger partial charge on any atom is 0.312 e. The van der Waals surface area contributed by atoms with Gasteiger partial charge >= 0.3 is 29.8 Å². The van der Waals surface area contributed by atoms with Gasteiger partial charge in [-0.25, -0.2) is 0 Å². The van der Waals surface area contributed by atoms with E-state index in [1.165, 1.54) is 33.8 Å². The van der Waals surface area contributed by atoms with Gasteiger partial charge in [0.2, 0.25) is 0 Å². The summed E-state index contributed by atoms with van der Waals surface area (Å²) in [5.41, 5.74) is -2.52. The minimum Gasteiger partial charge on any atom is -0.462 e. The summed E-state index contributed by atoms with van der Waals surface area (Å²) in [7, 11) is 0. The zero-order valence-corrected chi connectivity index (χ0v) is 25.1. The molecule has 0 radical (unpaired) electrons. The molecule has 1 N–H and O–H groups in total. The Morgan fingerprint density at radius 2 is 1.61 bits per heavy atom. The second kappa shape index (κ2) is 12.0. The smallest absolute Gasteiger partial charge is 0.312 e. The van der Waals surface area contributed by atoms with Gasteiger partial charge in [-0.1, -0.05) is 32.9 Å². The number of hydrogen-bond donors (Lipinski definition) is 1. The van der Waals surface area contributed by atoms with Crippen LogP contribution >= 0.6 is 0 Å². The fraction of sp³-hybridized carbons (Fsp3) is 0.700. The lowest BCUT2D eigenvalue weighted by Gasteiger charge is -2.55. The van der Waals surface area contributed by atoms with Crippen molar-refractivity contribution in [1.29, 1.82) is 0 Å². The Kier molecular flexibility index (Phi) is 9.42. The van der Waals surface area contributed by atoms with E-state index in [2.05, 4.69) is 6.58 Å². The number of ether oxygens (including phenoxy) is 5. The van der Waals surface area contributed by atoms with Crippen LogP contribution in [0.15, 0.2) is 23.8 Å². The molecule has 1 aliphatic heterocycles. The number of aliphatic hydroxyl groups is 1. The van der Waals surface area contributed by atoms with Crippen LogP contribution in [0, 0.1) is 23.2 Å². The molecule has 0 amide bonds. The monoisotopic (exact) mass is 578 g/mol. The topological polar surface area (TPSA) is 152 Å². The van der Waals surface area contributed by atoms with E-state index in [1.807, 2.05) is 0 Å². The molecule has 0 spiro atoms. The summed E-state index contributed by atoms with van der Waals surface area (Å²) in [5, 5.41) is 12.4. The number of carbonyl (C=O) groups is 5. The second-order valence-corrected chi connectivity index (χ2v) is 12.0. The van der Waals surface area contributed by atoms with E-state index in [0.717, 1.165) is 0 Å². The molecule has 1 saturated heterocycles. The molecule has 0 aromatic heterocycles. The van der Waals surface area contributed by atoms with Crippen LogP contribution in [0.4, 0.5) is 0 Å². The molecular weight excluding hydrogens is 536 g/mol. The largest absolute Gasteiger partial charge is 0.462 e. The molecule has 0 unspecified atom stereocenters. The lowest BCUT2D eigenvalue weighted by Crippen LogP contribution is -2.66. The molecule has 2 fully saturated rings. The van der Waals surface area contributed by atoms with Gasteiger partial charge in [0.15, 0.2) is 11.7 Å².